The van der Waals surface area contributed by atoms with Gasteiger partial charge in [-0.15, -0.1) is 0 Å². The number of rotatable bonds is 5. The summed E-state index contributed by atoms with van der Waals surface area (Å²) in [5.41, 5.74) is 0.908. The average molecular weight is 260 g/mol. The Bertz CT molecular complexity index is 456. The number of benzene rings is 1. The van der Waals surface area contributed by atoms with Crippen LogP contribution in [0.4, 0.5) is 0 Å². The molecule has 1 amide bonds. The molecule has 4 nitrogen and oxygen atoms in total. The molecule has 1 N–H and O–H groups in total. The Morgan fingerprint density at radius 2 is 2.11 bits per heavy atom. The van der Waals surface area contributed by atoms with Crippen LogP contribution >= 0.6 is 0 Å². The van der Waals surface area contributed by atoms with Crippen LogP contribution in [0.25, 0.3) is 0 Å². The van der Waals surface area contributed by atoms with Crippen molar-refractivity contribution in [1.82, 2.24) is 10.2 Å². The molecule has 1 aromatic rings. The average Bonchev–Trinajstić information content (AvgIpc) is 3.17. The van der Waals surface area contributed by atoms with E-state index in [0.29, 0.717) is 6.61 Å². The zero-order valence-electron chi connectivity index (χ0n) is 11.3. The lowest BCUT2D eigenvalue weighted by Crippen LogP contribution is -2.33. The third kappa shape index (κ3) is 2.26. The summed E-state index contributed by atoms with van der Waals surface area (Å²) >= 11 is 0. The first-order chi connectivity index (χ1) is 9.27. The van der Waals surface area contributed by atoms with Gasteiger partial charge in [-0.25, -0.2) is 0 Å². The van der Waals surface area contributed by atoms with Gasteiger partial charge in [0.25, 0.3) is 0 Å². The van der Waals surface area contributed by atoms with Crippen molar-refractivity contribution in [3.8, 4) is 0 Å². The molecule has 0 aromatic heterocycles. The third-order valence-electron chi connectivity index (χ3n) is 4.01. The van der Waals surface area contributed by atoms with Gasteiger partial charge < -0.3 is 9.64 Å². The first-order valence-electron chi connectivity index (χ1n) is 6.89. The van der Waals surface area contributed by atoms with Crippen molar-refractivity contribution < 1.29 is 9.53 Å². The van der Waals surface area contributed by atoms with Crippen molar-refractivity contribution in [2.24, 2.45) is 0 Å². The molecular formula is C15H20N2O2. The van der Waals surface area contributed by atoms with Gasteiger partial charge in [0.05, 0.1) is 0 Å². The molecule has 1 spiro atoms. The number of carbonyl (C=O) groups is 1. The van der Waals surface area contributed by atoms with Gasteiger partial charge in [0, 0.05) is 20.3 Å². The van der Waals surface area contributed by atoms with Gasteiger partial charge in [-0.2, -0.15) is 0 Å². The summed E-state index contributed by atoms with van der Waals surface area (Å²) in [6.07, 6.45) is 2.84. The van der Waals surface area contributed by atoms with E-state index in [1.807, 2.05) is 23.1 Å². The van der Waals surface area contributed by atoms with Crippen molar-refractivity contribution in [3.05, 3.63) is 35.9 Å². The SMILES string of the molecule is COCCCN1C(=O)C2(CC2)NC1c1ccccc1. The summed E-state index contributed by atoms with van der Waals surface area (Å²) in [6, 6.07) is 10.2. The monoisotopic (exact) mass is 260 g/mol. The fraction of sp³-hybridized carbons (Fsp3) is 0.533. The maximum Gasteiger partial charge on any atom is 0.244 e. The summed E-state index contributed by atoms with van der Waals surface area (Å²) in [6.45, 7) is 1.44. The van der Waals surface area contributed by atoms with Gasteiger partial charge in [0.2, 0.25) is 5.91 Å². The summed E-state index contributed by atoms with van der Waals surface area (Å²) < 4.78 is 5.09. The molecule has 1 aliphatic carbocycles. The minimum absolute atomic E-state index is 0.0213. The highest BCUT2D eigenvalue weighted by atomic mass is 16.5. The lowest BCUT2D eigenvalue weighted by Gasteiger charge is -2.24. The van der Waals surface area contributed by atoms with Gasteiger partial charge in [0.1, 0.15) is 11.7 Å². The summed E-state index contributed by atoms with van der Waals surface area (Å²) in [7, 11) is 1.70. The molecule has 19 heavy (non-hydrogen) atoms. The highest BCUT2D eigenvalue weighted by Crippen LogP contribution is 2.45. The molecule has 1 aliphatic heterocycles. The van der Waals surface area contributed by atoms with Crippen LogP contribution in [0.15, 0.2) is 30.3 Å². The first-order valence-corrected chi connectivity index (χ1v) is 6.89. The van der Waals surface area contributed by atoms with Crippen LogP contribution < -0.4 is 5.32 Å². The molecule has 2 aliphatic rings. The smallest absolute Gasteiger partial charge is 0.244 e. The normalized spacial score (nSPS) is 24.2. The molecule has 1 aromatic carbocycles. The third-order valence-corrected chi connectivity index (χ3v) is 4.01. The second-order valence-electron chi connectivity index (χ2n) is 5.38. The van der Waals surface area contributed by atoms with Crippen LogP contribution in [-0.2, 0) is 9.53 Å². The Labute approximate surface area is 113 Å². The summed E-state index contributed by atoms with van der Waals surface area (Å²) in [5.74, 6) is 0.262. The fourth-order valence-corrected chi connectivity index (χ4v) is 2.79. The predicted molar refractivity (Wildman–Crippen MR) is 72.5 cm³/mol. The molecular weight excluding hydrogens is 240 g/mol. The topological polar surface area (TPSA) is 41.6 Å². The molecule has 1 saturated carbocycles. The zero-order valence-corrected chi connectivity index (χ0v) is 11.3. The molecule has 2 fully saturated rings. The number of nitrogens with one attached hydrogen (secondary N) is 1. The summed E-state index contributed by atoms with van der Waals surface area (Å²) in [4.78, 5) is 14.5. The van der Waals surface area contributed by atoms with Crippen molar-refractivity contribution >= 4 is 5.91 Å². The molecule has 3 rings (SSSR count). The number of carbonyl (C=O) groups excluding carboxylic acids is 1. The van der Waals surface area contributed by atoms with E-state index in [0.717, 1.165) is 31.4 Å². The van der Waals surface area contributed by atoms with E-state index in [1.54, 1.807) is 7.11 Å². The van der Waals surface area contributed by atoms with Crippen LogP contribution in [-0.4, -0.2) is 36.6 Å². The number of hydrogen-bond donors (Lipinski definition) is 1. The summed E-state index contributed by atoms with van der Waals surface area (Å²) in [5, 5.41) is 3.52. The predicted octanol–water partition coefficient (Wildman–Crippen LogP) is 1.69. The van der Waals surface area contributed by atoms with Crippen molar-refractivity contribution in [2.75, 3.05) is 20.3 Å². The standard InChI is InChI=1S/C15H20N2O2/c1-19-11-5-10-17-13(12-6-3-2-4-7-12)16-15(8-9-15)14(17)18/h2-4,6-7,13,16H,5,8-11H2,1H3. The van der Waals surface area contributed by atoms with Crippen LogP contribution in [0.5, 0.6) is 0 Å². The van der Waals surface area contributed by atoms with Gasteiger partial charge in [-0.1, -0.05) is 30.3 Å². The lowest BCUT2D eigenvalue weighted by molar-refractivity contribution is -0.131. The zero-order chi connectivity index (χ0) is 13.3. The molecule has 1 heterocycles. The van der Waals surface area contributed by atoms with Crippen LogP contribution in [0.1, 0.15) is 31.0 Å². The maximum atomic E-state index is 12.5. The van der Waals surface area contributed by atoms with Gasteiger partial charge in [-0.3, -0.25) is 10.1 Å². The molecule has 1 unspecified atom stereocenters. The minimum atomic E-state index is -0.256. The van der Waals surface area contributed by atoms with E-state index in [-0.39, 0.29) is 17.6 Å². The number of hydrogen-bond acceptors (Lipinski definition) is 3. The number of amides is 1. The van der Waals surface area contributed by atoms with E-state index in [1.165, 1.54) is 0 Å². The Kier molecular flexibility index (Phi) is 3.29. The van der Waals surface area contributed by atoms with E-state index < -0.39 is 0 Å². The van der Waals surface area contributed by atoms with Gasteiger partial charge in [0.15, 0.2) is 0 Å². The van der Waals surface area contributed by atoms with Crippen LogP contribution in [0, 0.1) is 0 Å². The molecule has 0 bridgehead atoms. The Morgan fingerprint density at radius 3 is 2.74 bits per heavy atom. The van der Waals surface area contributed by atoms with Gasteiger partial charge >= 0.3 is 0 Å². The van der Waals surface area contributed by atoms with Crippen LogP contribution in [0.2, 0.25) is 0 Å². The Balaban J connectivity index is 1.78. The van der Waals surface area contributed by atoms with Crippen molar-refractivity contribution in [2.45, 2.75) is 31.0 Å². The Morgan fingerprint density at radius 1 is 1.37 bits per heavy atom. The molecule has 102 valence electrons. The van der Waals surface area contributed by atoms with E-state index >= 15 is 0 Å². The fourth-order valence-electron chi connectivity index (χ4n) is 2.79. The number of nitrogens with zero attached hydrogens (tertiary/aromatic N) is 1. The van der Waals surface area contributed by atoms with E-state index in [9.17, 15) is 4.79 Å². The number of ether oxygens (including phenoxy) is 1. The molecule has 0 radical (unpaired) electrons. The van der Waals surface area contributed by atoms with Crippen molar-refractivity contribution in [1.29, 1.82) is 0 Å². The first kappa shape index (κ1) is 12.6. The van der Waals surface area contributed by atoms with Crippen molar-refractivity contribution in [3.63, 3.8) is 0 Å². The van der Waals surface area contributed by atoms with Gasteiger partial charge in [-0.05, 0) is 24.8 Å². The lowest BCUT2D eigenvalue weighted by atomic mass is 10.1. The second kappa shape index (κ2) is 4.94. The second-order valence-corrected chi connectivity index (χ2v) is 5.38. The largest absolute Gasteiger partial charge is 0.385 e. The van der Waals surface area contributed by atoms with E-state index in [4.69, 9.17) is 4.74 Å². The highest BCUT2D eigenvalue weighted by molar-refractivity contribution is 5.92. The van der Waals surface area contributed by atoms with E-state index in [2.05, 4.69) is 17.4 Å². The minimum Gasteiger partial charge on any atom is -0.385 e. The van der Waals surface area contributed by atoms with Crippen LogP contribution in [0.3, 0.4) is 0 Å². The maximum absolute atomic E-state index is 12.5. The quantitative estimate of drug-likeness (QED) is 0.819. The highest BCUT2D eigenvalue weighted by Gasteiger charge is 2.59. The number of methoxy groups -OCH3 is 1. The molecule has 1 saturated heterocycles. The molecule has 1 atom stereocenters. The Hall–Kier alpha value is -1.39. The molecule has 4 heteroatoms.